The number of carbonyl (C=O) groups excluding carboxylic acids is 1. The zero-order valence-electron chi connectivity index (χ0n) is 16.4. The fourth-order valence-electron chi connectivity index (χ4n) is 4.56. The van der Waals surface area contributed by atoms with Gasteiger partial charge in [-0.15, -0.1) is 24.8 Å². The van der Waals surface area contributed by atoms with Gasteiger partial charge in [0, 0.05) is 25.0 Å². The number of fused-ring (bicyclic) bond motifs is 1. The Balaban J connectivity index is 0.00000140. The van der Waals surface area contributed by atoms with E-state index in [1.165, 1.54) is 12.8 Å². The molecule has 1 aliphatic heterocycles. The molecule has 4 rings (SSSR count). The normalized spacial score (nSPS) is 23.3. The van der Waals surface area contributed by atoms with Gasteiger partial charge in [0.15, 0.2) is 5.82 Å². The minimum Gasteiger partial charge on any atom is -0.351 e. The van der Waals surface area contributed by atoms with E-state index in [2.05, 4.69) is 20.7 Å². The SMILES string of the molecule is Cc1cc(C)n(-c2ccc(CNC(=O)[C@@]34CCCC[C@H]3CNC4)cn2)n1.Cl.Cl. The quantitative estimate of drug-likeness (QED) is 0.788. The Bertz CT molecular complexity index is 807. The summed E-state index contributed by atoms with van der Waals surface area (Å²) in [4.78, 5) is 17.4. The fraction of sp³-hybridized carbons (Fsp3) is 0.550. The van der Waals surface area contributed by atoms with Gasteiger partial charge in [0.1, 0.15) is 0 Å². The monoisotopic (exact) mass is 425 g/mol. The molecule has 1 amide bonds. The highest BCUT2D eigenvalue weighted by Gasteiger charge is 2.49. The number of aromatic nitrogens is 3. The van der Waals surface area contributed by atoms with Crippen molar-refractivity contribution in [2.45, 2.75) is 46.1 Å². The van der Waals surface area contributed by atoms with Crippen molar-refractivity contribution >= 4 is 30.7 Å². The van der Waals surface area contributed by atoms with E-state index in [1.54, 1.807) is 0 Å². The van der Waals surface area contributed by atoms with Gasteiger partial charge in [-0.05, 0) is 56.8 Å². The van der Waals surface area contributed by atoms with Gasteiger partial charge in [0.2, 0.25) is 5.91 Å². The lowest BCUT2D eigenvalue weighted by molar-refractivity contribution is -0.134. The molecule has 2 fully saturated rings. The predicted molar refractivity (Wildman–Crippen MR) is 114 cm³/mol. The molecular formula is C20H29Cl2N5O. The van der Waals surface area contributed by atoms with E-state index in [4.69, 9.17) is 0 Å². The third-order valence-corrected chi connectivity index (χ3v) is 5.98. The summed E-state index contributed by atoms with van der Waals surface area (Å²) in [7, 11) is 0. The molecule has 0 unspecified atom stereocenters. The van der Waals surface area contributed by atoms with Crippen LogP contribution in [0.3, 0.4) is 0 Å². The molecule has 8 heteroatoms. The van der Waals surface area contributed by atoms with Crippen molar-refractivity contribution in [2.75, 3.05) is 13.1 Å². The first-order chi connectivity index (χ1) is 12.6. The van der Waals surface area contributed by atoms with Crippen LogP contribution in [0.25, 0.3) is 5.82 Å². The van der Waals surface area contributed by atoms with Crippen molar-refractivity contribution in [2.24, 2.45) is 11.3 Å². The highest BCUT2D eigenvalue weighted by Crippen LogP contribution is 2.43. The second-order valence-corrected chi connectivity index (χ2v) is 7.78. The lowest BCUT2D eigenvalue weighted by Gasteiger charge is -2.37. The van der Waals surface area contributed by atoms with Crippen LogP contribution in [0.2, 0.25) is 0 Å². The van der Waals surface area contributed by atoms with Crippen molar-refractivity contribution < 1.29 is 4.79 Å². The lowest BCUT2D eigenvalue weighted by Crippen LogP contribution is -2.47. The molecule has 1 saturated heterocycles. The number of pyridine rings is 1. The predicted octanol–water partition coefficient (Wildman–Crippen LogP) is 3.12. The zero-order chi connectivity index (χ0) is 18.1. The number of aryl methyl sites for hydroxylation is 2. The van der Waals surface area contributed by atoms with Gasteiger partial charge in [0.25, 0.3) is 0 Å². The molecular weight excluding hydrogens is 397 g/mol. The molecule has 6 nitrogen and oxygen atoms in total. The number of hydrogen-bond donors (Lipinski definition) is 2. The van der Waals surface area contributed by atoms with Crippen molar-refractivity contribution in [1.29, 1.82) is 0 Å². The van der Waals surface area contributed by atoms with Crippen molar-refractivity contribution in [3.05, 3.63) is 41.3 Å². The molecule has 2 aromatic rings. The molecule has 2 atom stereocenters. The number of halogens is 2. The average Bonchev–Trinajstić information content (AvgIpc) is 3.23. The molecule has 0 aromatic carbocycles. The van der Waals surface area contributed by atoms with Crippen molar-refractivity contribution in [3.8, 4) is 5.82 Å². The maximum atomic E-state index is 12.9. The van der Waals surface area contributed by atoms with E-state index >= 15 is 0 Å². The van der Waals surface area contributed by atoms with Gasteiger partial charge in [-0.25, -0.2) is 9.67 Å². The zero-order valence-corrected chi connectivity index (χ0v) is 18.0. The Morgan fingerprint density at radius 1 is 1.32 bits per heavy atom. The van der Waals surface area contributed by atoms with Crippen LogP contribution in [-0.2, 0) is 11.3 Å². The van der Waals surface area contributed by atoms with Crippen LogP contribution in [-0.4, -0.2) is 33.8 Å². The van der Waals surface area contributed by atoms with Gasteiger partial charge < -0.3 is 10.6 Å². The van der Waals surface area contributed by atoms with Gasteiger partial charge in [-0.3, -0.25) is 4.79 Å². The summed E-state index contributed by atoms with van der Waals surface area (Å²) < 4.78 is 1.84. The first-order valence-electron chi connectivity index (χ1n) is 9.56. The molecule has 28 heavy (non-hydrogen) atoms. The van der Waals surface area contributed by atoms with Crippen LogP contribution in [0.5, 0.6) is 0 Å². The van der Waals surface area contributed by atoms with E-state index in [0.29, 0.717) is 12.5 Å². The third-order valence-electron chi connectivity index (χ3n) is 5.98. The number of hydrogen-bond acceptors (Lipinski definition) is 4. The van der Waals surface area contributed by atoms with E-state index in [-0.39, 0.29) is 36.1 Å². The Labute approximate surface area is 178 Å². The van der Waals surface area contributed by atoms with Crippen LogP contribution in [0, 0.1) is 25.2 Å². The van der Waals surface area contributed by atoms with Gasteiger partial charge in [-0.1, -0.05) is 18.9 Å². The highest BCUT2D eigenvalue weighted by molar-refractivity contribution is 5.85. The van der Waals surface area contributed by atoms with E-state index in [0.717, 1.165) is 48.7 Å². The minimum atomic E-state index is -0.199. The molecule has 2 N–H and O–H groups in total. The summed E-state index contributed by atoms with van der Waals surface area (Å²) in [6, 6.07) is 6.01. The summed E-state index contributed by atoms with van der Waals surface area (Å²) in [5.74, 6) is 1.49. The number of nitrogens with one attached hydrogen (secondary N) is 2. The molecule has 2 aromatic heterocycles. The summed E-state index contributed by atoms with van der Waals surface area (Å²) >= 11 is 0. The molecule has 0 spiro atoms. The standard InChI is InChI=1S/C20H27N5O.2ClH/c1-14-9-15(2)25(24-14)18-7-6-16(10-22-18)11-23-19(26)20-8-4-3-5-17(20)12-21-13-20;;/h6-7,9-10,17,21H,3-5,8,11-13H2,1-2H3,(H,23,26);2*1H/t17-,20+;;/m0../s1. The van der Waals surface area contributed by atoms with Crippen LogP contribution < -0.4 is 10.6 Å². The molecule has 1 aliphatic carbocycles. The number of nitrogens with zero attached hydrogens (tertiary/aromatic N) is 3. The van der Waals surface area contributed by atoms with Gasteiger partial charge >= 0.3 is 0 Å². The van der Waals surface area contributed by atoms with Crippen LogP contribution in [0.4, 0.5) is 0 Å². The number of amides is 1. The van der Waals surface area contributed by atoms with E-state index in [9.17, 15) is 4.79 Å². The first-order valence-corrected chi connectivity index (χ1v) is 9.56. The van der Waals surface area contributed by atoms with Gasteiger partial charge in [0.05, 0.1) is 11.1 Å². The Morgan fingerprint density at radius 2 is 2.14 bits per heavy atom. The second-order valence-electron chi connectivity index (χ2n) is 7.78. The summed E-state index contributed by atoms with van der Waals surface area (Å²) in [5, 5.41) is 11.1. The van der Waals surface area contributed by atoms with Crippen molar-refractivity contribution in [1.82, 2.24) is 25.4 Å². The molecule has 1 saturated carbocycles. The first kappa shape index (κ1) is 22.7. The maximum absolute atomic E-state index is 12.9. The number of carbonyl (C=O) groups is 1. The van der Waals surface area contributed by atoms with Crippen molar-refractivity contribution in [3.63, 3.8) is 0 Å². The molecule has 0 radical (unpaired) electrons. The topological polar surface area (TPSA) is 71.8 Å². The van der Waals surface area contributed by atoms with Crippen LogP contribution >= 0.6 is 24.8 Å². The number of rotatable bonds is 4. The maximum Gasteiger partial charge on any atom is 0.228 e. The van der Waals surface area contributed by atoms with E-state index < -0.39 is 0 Å². The fourth-order valence-corrected chi connectivity index (χ4v) is 4.56. The summed E-state index contributed by atoms with van der Waals surface area (Å²) in [5.41, 5.74) is 2.85. The molecule has 2 aliphatic rings. The summed E-state index contributed by atoms with van der Waals surface area (Å²) in [6.07, 6.45) is 6.41. The van der Waals surface area contributed by atoms with Crippen LogP contribution in [0.15, 0.2) is 24.4 Å². The van der Waals surface area contributed by atoms with Crippen LogP contribution in [0.1, 0.15) is 42.6 Å². The molecule has 0 bridgehead atoms. The molecule has 154 valence electrons. The second kappa shape index (κ2) is 9.25. The average molecular weight is 426 g/mol. The Kier molecular flexibility index (Phi) is 7.48. The largest absolute Gasteiger partial charge is 0.351 e. The van der Waals surface area contributed by atoms with Gasteiger partial charge in [-0.2, -0.15) is 5.10 Å². The lowest BCUT2D eigenvalue weighted by atomic mass is 9.67. The highest BCUT2D eigenvalue weighted by atomic mass is 35.5. The van der Waals surface area contributed by atoms with E-state index in [1.807, 2.05) is 42.9 Å². The minimum absolute atomic E-state index is 0. The Morgan fingerprint density at radius 3 is 2.82 bits per heavy atom. The third kappa shape index (κ3) is 4.19. The molecule has 3 heterocycles. The Hall–Kier alpha value is -1.63. The summed E-state index contributed by atoms with van der Waals surface area (Å²) in [6.45, 7) is 6.32. The smallest absolute Gasteiger partial charge is 0.228 e.